The molecule has 0 bridgehead atoms. The van der Waals surface area contributed by atoms with Crippen LogP contribution in [0.4, 0.5) is 0 Å². The molecule has 0 aromatic carbocycles. The molecule has 126 valence electrons. The number of hydrogen-bond donors (Lipinski definition) is 0. The van der Waals surface area contributed by atoms with Gasteiger partial charge in [-0.05, 0) is 31.3 Å². The third kappa shape index (κ3) is 5.85. The summed E-state index contributed by atoms with van der Waals surface area (Å²) in [5, 5.41) is 0. The highest BCUT2D eigenvalue weighted by atomic mass is 16.5. The van der Waals surface area contributed by atoms with Gasteiger partial charge in [-0.3, -0.25) is 9.69 Å². The van der Waals surface area contributed by atoms with E-state index in [1.165, 1.54) is 38.5 Å². The van der Waals surface area contributed by atoms with E-state index in [9.17, 15) is 4.79 Å². The lowest BCUT2D eigenvalue weighted by molar-refractivity contribution is -0.118. The maximum Gasteiger partial charge on any atom is 0.162 e. The first-order valence-electron chi connectivity index (χ1n) is 9.34. The van der Waals surface area contributed by atoms with Crippen molar-refractivity contribution in [1.82, 2.24) is 4.90 Å². The number of hydrogen-bond acceptors (Lipinski definition) is 3. The Morgan fingerprint density at radius 2 is 1.86 bits per heavy atom. The Balaban J connectivity index is 1.63. The predicted molar refractivity (Wildman–Crippen MR) is 91.1 cm³/mol. The first kappa shape index (κ1) is 17.7. The van der Waals surface area contributed by atoms with Gasteiger partial charge in [-0.15, -0.1) is 0 Å². The average Bonchev–Trinajstić information content (AvgIpc) is 2.88. The number of nitrogens with zero attached hydrogens (tertiary/aromatic N) is 1. The predicted octanol–water partition coefficient (Wildman–Crippen LogP) is 3.97. The van der Waals surface area contributed by atoms with Crippen molar-refractivity contribution in [1.29, 1.82) is 0 Å². The number of rotatable bonds is 9. The lowest BCUT2D eigenvalue weighted by Gasteiger charge is -2.28. The summed E-state index contributed by atoms with van der Waals surface area (Å²) in [5.74, 6) is 0.673. The number of carbonyl (C=O) groups excluding carboxylic acids is 1. The monoisotopic (exact) mass is 307 g/mol. The molecule has 0 aromatic heterocycles. The molecule has 2 fully saturated rings. The molecule has 2 aliphatic rings. The lowest BCUT2D eigenvalue weighted by Crippen LogP contribution is -2.40. The van der Waals surface area contributed by atoms with Crippen molar-refractivity contribution < 1.29 is 9.53 Å². The third-order valence-corrected chi connectivity index (χ3v) is 4.98. The van der Waals surface area contributed by atoms with Gasteiger partial charge in [0.2, 0.25) is 0 Å². The minimum Gasteiger partial charge on any atom is -0.379 e. The Morgan fingerprint density at radius 3 is 2.64 bits per heavy atom. The summed E-state index contributed by atoms with van der Waals surface area (Å²) in [4.78, 5) is 14.8. The van der Waals surface area contributed by atoms with Crippen LogP contribution in [0.1, 0.15) is 64.7 Å². The zero-order valence-electron chi connectivity index (χ0n) is 14.3. The van der Waals surface area contributed by atoms with E-state index >= 15 is 0 Å². The minimum atomic E-state index is 0.244. The van der Waals surface area contributed by atoms with Crippen molar-refractivity contribution in [2.45, 2.75) is 64.7 Å². The van der Waals surface area contributed by atoms with Gasteiger partial charge in [0.05, 0.1) is 13.2 Å². The van der Waals surface area contributed by atoms with Crippen molar-refractivity contribution in [3.05, 3.63) is 11.6 Å². The quantitative estimate of drug-likeness (QED) is 0.477. The van der Waals surface area contributed by atoms with Crippen LogP contribution in [0.5, 0.6) is 0 Å². The minimum absolute atomic E-state index is 0.244. The number of carbonyl (C=O) groups is 1. The first-order chi connectivity index (χ1) is 10.8. The maximum absolute atomic E-state index is 12.5. The molecule has 0 radical (unpaired) electrons. The standard InChI is InChI=1S/C19H33NO2/c1-2-3-4-5-6-7-8-9-17-10-11-18(19(17)21)16-20-12-14-22-15-13-20/h9,18H,2-8,10-16H2,1H3/b17-9-. The molecule has 2 rings (SSSR count). The number of allylic oxidation sites excluding steroid dienone is 2. The summed E-state index contributed by atoms with van der Waals surface area (Å²) in [6.45, 7) is 6.81. The second kappa shape index (κ2) is 10.2. The Labute approximate surface area is 136 Å². The van der Waals surface area contributed by atoms with Gasteiger partial charge in [0.15, 0.2) is 5.78 Å². The second-order valence-electron chi connectivity index (χ2n) is 6.80. The molecule has 0 amide bonds. The maximum atomic E-state index is 12.5. The van der Waals surface area contributed by atoms with Gasteiger partial charge in [-0.25, -0.2) is 0 Å². The molecular weight excluding hydrogens is 274 g/mol. The zero-order chi connectivity index (χ0) is 15.6. The molecule has 0 N–H and O–H groups in total. The number of ketones is 1. The molecule has 1 atom stereocenters. The van der Waals surface area contributed by atoms with Crippen molar-refractivity contribution in [2.24, 2.45) is 5.92 Å². The summed E-state index contributed by atoms with van der Waals surface area (Å²) in [5.41, 5.74) is 1.12. The molecule has 1 saturated carbocycles. The van der Waals surface area contributed by atoms with Crippen LogP contribution in [0, 0.1) is 5.92 Å². The van der Waals surface area contributed by atoms with Crippen molar-refractivity contribution in [3.63, 3.8) is 0 Å². The SMILES string of the molecule is CCCCCCCC/C=C1/CCC(CN2CCOCC2)C1=O. The van der Waals surface area contributed by atoms with Crippen molar-refractivity contribution in [2.75, 3.05) is 32.8 Å². The molecule has 1 unspecified atom stereocenters. The second-order valence-corrected chi connectivity index (χ2v) is 6.80. The molecule has 22 heavy (non-hydrogen) atoms. The molecule has 3 heteroatoms. The van der Waals surface area contributed by atoms with Crippen LogP contribution in [-0.4, -0.2) is 43.5 Å². The fourth-order valence-electron chi connectivity index (χ4n) is 3.52. The fraction of sp³-hybridized carbons (Fsp3) is 0.842. The van der Waals surface area contributed by atoms with Crippen molar-refractivity contribution in [3.8, 4) is 0 Å². The molecule has 0 spiro atoms. The lowest BCUT2D eigenvalue weighted by atomic mass is 10.0. The average molecular weight is 307 g/mol. The van der Waals surface area contributed by atoms with Gasteiger partial charge < -0.3 is 4.74 Å². The van der Waals surface area contributed by atoms with Gasteiger partial charge in [0.25, 0.3) is 0 Å². The van der Waals surface area contributed by atoms with E-state index in [1.807, 2.05) is 0 Å². The van der Waals surface area contributed by atoms with Crippen LogP contribution >= 0.6 is 0 Å². The van der Waals surface area contributed by atoms with Gasteiger partial charge in [0, 0.05) is 25.6 Å². The van der Waals surface area contributed by atoms with E-state index in [0.717, 1.165) is 57.7 Å². The summed E-state index contributed by atoms with van der Waals surface area (Å²) in [7, 11) is 0. The Hall–Kier alpha value is -0.670. The smallest absolute Gasteiger partial charge is 0.162 e. The highest BCUT2D eigenvalue weighted by Gasteiger charge is 2.30. The highest BCUT2D eigenvalue weighted by Crippen LogP contribution is 2.28. The largest absolute Gasteiger partial charge is 0.379 e. The van der Waals surface area contributed by atoms with Gasteiger partial charge >= 0.3 is 0 Å². The van der Waals surface area contributed by atoms with Gasteiger partial charge in [0.1, 0.15) is 0 Å². The van der Waals surface area contributed by atoms with Crippen LogP contribution < -0.4 is 0 Å². The summed E-state index contributed by atoms with van der Waals surface area (Å²) in [6.07, 6.45) is 13.3. The van der Waals surface area contributed by atoms with E-state index in [-0.39, 0.29) is 5.92 Å². The zero-order valence-corrected chi connectivity index (χ0v) is 14.3. The normalized spacial score (nSPS) is 25.2. The van der Waals surface area contributed by atoms with Crippen molar-refractivity contribution >= 4 is 5.78 Å². The number of unbranched alkanes of at least 4 members (excludes halogenated alkanes) is 6. The van der Waals surface area contributed by atoms with E-state index in [4.69, 9.17) is 4.74 Å². The first-order valence-corrected chi connectivity index (χ1v) is 9.34. The highest BCUT2D eigenvalue weighted by molar-refractivity contribution is 5.99. The molecule has 3 nitrogen and oxygen atoms in total. The third-order valence-electron chi connectivity index (χ3n) is 4.98. The molecular formula is C19H33NO2. The van der Waals surface area contributed by atoms with Gasteiger partial charge in [-0.2, -0.15) is 0 Å². The van der Waals surface area contributed by atoms with E-state index < -0.39 is 0 Å². The molecule has 1 heterocycles. The summed E-state index contributed by atoms with van der Waals surface area (Å²) in [6, 6.07) is 0. The van der Waals surface area contributed by atoms with Crippen LogP contribution in [-0.2, 0) is 9.53 Å². The van der Waals surface area contributed by atoms with E-state index in [1.54, 1.807) is 0 Å². The molecule has 0 aromatic rings. The Kier molecular flexibility index (Phi) is 8.17. The van der Waals surface area contributed by atoms with Gasteiger partial charge in [-0.1, -0.05) is 45.1 Å². The summed E-state index contributed by atoms with van der Waals surface area (Å²) >= 11 is 0. The number of ether oxygens (including phenoxy) is 1. The van der Waals surface area contributed by atoms with Crippen LogP contribution in [0.3, 0.4) is 0 Å². The number of Topliss-reactive ketones (excluding diaryl/α,β-unsaturated/α-hetero) is 1. The fourth-order valence-corrected chi connectivity index (χ4v) is 3.52. The van der Waals surface area contributed by atoms with E-state index in [0.29, 0.717) is 5.78 Å². The van der Waals surface area contributed by atoms with E-state index in [2.05, 4.69) is 17.9 Å². The van der Waals surface area contributed by atoms with Crippen LogP contribution in [0.25, 0.3) is 0 Å². The molecule has 1 saturated heterocycles. The molecule has 1 aliphatic carbocycles. The van der Waals surface area contributed by atoms with Crippen LogP contribution in [0.15, 0.2) is 11.6 Å². The Bertz CT molecular complexity index is 358. The Morgan fingerprint density at radius 1 is 1.14 bits per heavy atom. The van der Waals surface area contributed by atoms with Crippen LogP contribution in [0.2, 0.25) is 0 Å². The topological polar surface area (TPSA) is 29.5 Å². The molecule has 1 aliphatic heterocycles. The number of morpholine rings is 1. The summed E-state index contributed by atoms with van der Waals surface area (Å²) < 4.78 is 5.37.